The highest BCUT2D eigenvalue weighted by atomic mass is 33.1. The predicted octanol–water partition coefficient (Wildman–Crippen LogP) is -15.3. The molecule has 0 spiro atoms. The number of aliphatic hydroxyl groups excluding tert-OH is 3. The van der Waals surface area contributed by atoms with Gasteiger partial charge in [-0.15, -0.1) is 11.8 Å². The van der Waals surface area contributed by atoms with Crippen LogP contribution in [0.4, 0.5) is 0 Å². The van der Waals surface area contributed by atoms with E-state index in [1.807, 2.05) is 5.32 Å². The molecule has 17 amide bonds. The van der Waals surface area contributed by atoms with Crippen LogP contribution in [0.5, 0.6) is 0 Å². The van der Waals surface area contributed by atoms with Crippen molar-refractivity contribution in [3.05, 3.63) is 36.0 Å². The minimum Gasteiger partial charge on any atom is -0.550 e. The smallest absolute Gasteiger partial charge is 0.338 e. The Bertz CT molecular complexity index is 4200. The van der Waals surface area contributed by atoms with Crippen LogP contribution < -0.4 is 134 Å². The number of nitrogens with one attached hydrogen (secondary N) is 18. The zero-order chi connectivity index (χ0) is 94.2. The number of hydrogen-bond acceptors (Lipinski definition) is 27. The number of benzene rings is 1. The SMILES string of the molecule is CCCC[C@@H]1NC(=O)[C@H](CO)NC(=O)[C@H](CCCNC(N)=[NH2+])NC(=O)[C@@H]2CSCC(=O)N[C@@H](CCCNC(N)=[NH2+])C(=O)N[C@@H](CSSC[C@@H](C(=O)N[C@@H](Cc3c[nH]c4ccccc34)C(=O)N[C@@H](CCC(N)=O)C(N)=O)NC(=O)[C@H](CC(C)C)NC(=O)[C@@H](CC(=O)[O-])NC1=O)C(=O)N[C@@H](CO)C(=O)N[C@@H](CC(=O)[O-])C(=O)N[C@@H]([C@@H](C)O)C(=O)N[C@@H](CC(C)C)C(=O)N2. The second-order valence-corrected chi connectivity index (χ2v) is 34.2. The number of aliphatic hydroxyl groups is 3. The lowest BCUT2D eigenvalue weighted by Crippen LogP contribution is -2.63. The molecule has 4 rings (SSSR count). The quantitative estimate of drug-likeness (QED) is 0.0140. The first-order valence-corrected chi connectivity index (χ1v) is 44.1. The van der Waals surface area contributed by atoms with Crippen LogP contribution in [0.1, 0.15) is 131 Å². The molecule has 2 fully saturated rings. The van der Waals surface area contributed by atoms with Crippen LogP contribution >= 0.6 is 33.3 Å². The molecule has 2 saturated heterocycles. The fourth-order valence-electron chi connectivity index (χ4n) is 12.6. The molecule has 0 unspecified atom stereocenters. The third-order valence-electron chi connectivity index (χ3n) is 19.2. The Morgan fingerprint density at radius 1 is 0.508 bits per heavy atom. The lowest BCUT2D eigenvalue weighted by atomic mass is 10.0. The predicted molar refractivity (Wildman–Crippen MR) is 451 cm³/mol. The molecule has 33 N–H and O–H groups in total. The van der Waals surface area contributed by atoms with E-state index >= 15 is 14.4 Å². The molecule has 3 heterocycles. The number of nitrogens with two attached hydrogens (primary N) is 6. The monoisotopic (exact) mass is 1830 g/mol. The number of hydrogen-bond donors (Lipinski definition) is 27. The number of rotatable bonds is 32. The number of carbonyl (C=O) groups excluding carboxylic acids is 19. The summed E-state index contributed by atoms with van der Waals surface area (Å²) in [7, 11) is 1.28. The van der Waals surface area contributed by atoms with Gasteiger partial charge >= 0.3 is 11.9 Å². The van der Waals surface area contributed by atoms with Crippen molar-refractivity contribution in [1.82, 2.24) is 95.4 Å². The summed E-state index contributed by atoms with van der Waals surface area (Å²) >= 11 is 0.626. The molecule has 2 aliphatic heterocycles. The van der Waals surface area contributed by atoms with Crippen molar-refractivity contribution in [3.8, 4) is 0 Å². The molecule has 0 aliphatic carbocycles. The van der Waals surface area contributed by atoms with Gasteiger partial charge in [0.05, 0.1) is 38.2 Å². The third kappa shape index (κ3) is 37.5. The van der Waals surface area contributed by atoms with Crippen LogP contribution in [-0.4, -0.2) is 291 Å². The van der Waals surface area contributed by atoms with Crippen LogP contribution in [-0.2, 0) is 97.5 Å². The zero-order valence-electron chi connectivity index (χ0n) is 70.4. The molecular weight excluding hydrogens is 1720 g/mol. The number of guanidine groups is 2. The number of unbranched alkanes of at least 4 members (excludes halogenated alkanes) is 1. The Kier molecular flexibility index (Phi) is 45.8. The van der Waals surface area contributed by atoms with Crippen molar-refractivity contribution < 1.29 is 127 Å². The summed E-state index contributed by atoms with van der Waals surface area (Å²) in [4.78, 5) is 273. The number of para-hydroxylation sites is 1. The number of carboxylic acids is 2. The molecule has 2 aliphatic rings. The molecule has 0 saturated carbocycles. The largest absolute Gasteiger partial charge is 0.550 e. The normalized spacial score (nSPS) is 24.1. The average Bonchev–Trinajstić information content (AvgIpc) is 1.64. The molecule has 126 heavy (non-hydrogen) atoms. The first-order chi connectivity index (χ1) is 59.4. The topological polar surface area (TPSA) is 807 Å². The number of H-pyrrole nitrogens is 1. The van der Waals surface area contributed by atoms with Gasteiger partial charge in [-0.05, 0) is 81.8 Å². The number of fused-ring (bicyclic) bond motifs is 10. The van der Waals surface area contributed by atoms with E-state index in [0.717, 1.165) is 6.92 Å². The van der Waals surface area contributed by atoms with Crippen LogP contribution in [0.3, 0.4) is 0 Å². The van der Waals surface area contributed by atoms with Gasteiger partial charge in [-0.25, -0.2) is 0 Å². The van der Waals surface area contributed by atoms with Crippen molar-refractivity contribution in [3.63, 3.8) is 0 Å². The lowest BCUT2D eigenvalue weighted by Gasteiger charge is -2.29. The maximum atomic E-state index is 15.3. The minimum atomic E-state index is -2.29. The molecule has 2 aromatic rings. The minimum absolute atomic E-state index is 0.0520. The molecule has 0 radical (unpaired) electrons. The maximum absolute atomic E-state index is 15.3. The van der Waals surface area contributed by atoms with Gasteiger partial charge in [0.1, 0.15) is 90.6 Å². The van der Waals surface area contributed by atoms with Crippen LogP contribution in [0.15, 0.2) is 30.5 Å². The number of aliphatic carboxylic acids is 2. The van der Waals surface area contributed by atoms with E-state index in [1.165, 1.54) is 6.20 Å². The van der Waals surface area contributed by atoms with Gasteiger partial charge < -0.3 is 131 Å². The van der Waals surface area contributed by atoms with Gasteiger partial charge in [0.15, 0.2) is 0 Å². The number of thioether (sulfide) groups is 1. The van der Waals surface area contributed by atoms with E-state index in [2.05, 4.69) is 90.1 Å². The fraction of sp³-hybridized carbons (Fsp3) is 0.613. The van der Waals surface area contributed by atoms with E-state index in [1.54, 1.807) is 58.9 Å². The molecule has 48 nitrogen and oxygen atoms in total. The van der Waals surface area contributed by atoms with Gasteiger partial charge in [-0.2, -0.15) is 0 Å². The molecular formula is C75H118N24O24S3. The Morgan fingerprint density at radius 3 is 1.44 bits per heavy atom. The highest BCUT2D eigenvalue weighted by molar-refractivity contribution is 8.76. The van der Waals surface area contributed by atoms with Crippen LogP contribution in [0, 0.1) is 11.8 Å². The van der Waals surface area contributed by atoms with E-state index < -0.39 is 283 Å². The summed E-state index contributed by atoms with van der Waals surface area (Å²) in [5.74, 6) is -29.1. The maximum Gasteiger partial charge on any atom is 0.338 e. The first kappa shape index (κ1) is 106. The van der Waals surface area contributed by atoms with Gasteiger partial charge in [0, 0.05) is 72.0 Å². The van der Waals surface area contributed by atoms with Gasteiger partial charge in [-0.3, -0.25) is 114 Å². The first-order valence-electron chi connectivity index (χ1n) is 40.5. The highest BCUT2D eigenvalue weighted by Crippen LogP contribution is 2.25. The molecule has 700 valence electrons. The van der Waals surface area contributed by atoms with E-state index in [0.29, 0.717) is 56.2 Å². The average molecular weight is 1840 g/mol. The van der Waals surface area contributed by atoms with Crippen molar-refractivity contribution in [2.45, 2.75) is 228 Å². The van der Waals surface area contributed by atoms with E-state index in [4.69, 9.17) is 33.8 Å². The second kappa shape index (κ2) is 54.1. The Hall–Kier alpha value is -11.8. The number of primary amides is 2. The summed E-state index contributed by atoms with van der Waals surface area (Å²) < 4.78 is 0. The van der Waals surface area contributed by atoms with E-state index in [9.17, 15) is 102 Å². The Balaban J connectivity index is 2.12. The Labute approximate surface area is 736 Å². The number of aromatic amines is 1. The molecule has 1 aromatic heterocycles. The van der Waals surface area contributed by atoms with Crippen molar-refractivity contribution >= 4 is 169 Å². The summed E-state index contributed by atoms with van der Waals surface area (Å²) in [6.45, 7) is 6.31. The number of amides is 17. The third-order valence-corrected chi connectivity index (χ3v) is 22.6. The van der Waals surface area contributed by atoms with Crippen LogP contribution in [0.2, 0.25) is 0 Å². The fourth-order valence-corrected chi connectivity index (χ4v) is 15.8. The molecule has 2 bridgehead atoms. The molecule has 16 atom stereocenters. The van der Waals surface area contributed by atoms with Gasteiger partial charge in [0.2, 0.25) is 100 Å². The van der Waals surface area contributed by atoms with Crippen molar-refractivity contribution in [2.75, 3.05) is 49.3 Å². The summed E-state index contributed by atoms with van der Waals surface area (Å²) in [5, 5.41) is 110. The number of aromatic nitrogens is 1. The van der Waals surface area contributed by atoms with E-state index in [-0.39, 0.29) is 82.8 Å². The summed E-state index contributed by atoms with van der Waals surface area (Å²) in [5.41, 5.74) is 23.3. The summed E-state index contributed by atoms with van der Waals surface area (Å²) in [6.07, 6.45) is -5.61. The Morgan fingerprint density at radius 2 is 0.937 bits per heavy atom. The highest BCUT2D eigenvalue weighted by Gasteiger charge is 2.41. The number of carbonyl (C=O) groups is 19. The van der Waals surface area contributed by atoms with Crippen LogP contribution in [0.25, 0.3) is 10.9 Å². The molecule has 1 aromatic carbocycles. The van der Waals surface area contributed by atoms with Gasteiger partial charge in [-0.1, -0.05) is 87.2 Å². The second-order valence-electron chi connectivity index (χ2n) is 30.7. The van der Waals surface area contributed by atoms with Crippen molar-refractivity contribution in [2.24, 2.45) is 34.8 Å². The summed E-state index contributed by atoms with van der Waals surface area (Å²) in [6, 6.07) is -21.8. The standard InChI is InChI=1S/C75H118N24O24S3/c1-7-8-14-42-61(111)91-47(25-56(105)106)66(116)89-44(22-34(2)3)63(113)98-52(71(121)90-46(24-37-27-84-39-15-10-9-13-38(37)39)65(115)86-40(59(77)109)18-19-54(76)103)31-125-126-32-53-72(122)95-50(29-101)69(119)92-48(26-57(107)108)67(117)99-58(36(6)102)73(123)93-45(23-35(4)5)64(114)96-51(30-124-33-55(104)85-41(60(110)97-53)16-11-20-82-74(78)79)70(120)88-43(17-12-21-83-75(80)81)62(112)94-49(28-100)68(118)87-42/h9-10,13,15,27,34-36,40-53,58,84,100-102H,7-8,11-12,14,16-26,28-33H2,1-6H3,(H2,76,103)(H2,77,109)(H,85,104)(H,86,115)(H,87,118)(H,88,120)(H,89,116)(H,90,121)(H,91,111)(H,92,119)(H,93,123)(H,94,112)(H,95,122)(H,96,114)(H,97,110)(H,98,113)(H,99,117)(H,105,106)(H,107,108)(H4,78,79,82)(H4,80,81,83)/t36-,40+,41+,42+,43+,44+,45+,46+,47-,48+,49+,50+,51+,52+,53+,58+/m1/s1. The number of carboxylic acid groups (broad SMARTS) is 2. The zero-order valence-corrected chi connectivity index (χ0v) is 72.9. The van der Waals surface area contributed by atoms with Crippen molar-refractivity contribution in [1.29, 1.82) is 0 Å². The van der Waals surface area contributed by atoms with Gasteiger partial charge in [0.25, 0.3) is 0 Å². The molecule has 51 heteroatoms. The lowest BCUT2D eigenvalue weighted by molar-refractivity contribution is -0.307.